The van der Waals surface area contributed by atoms with Gasteiger partial charge >= 0.3 is 0 Å². The number of rotatable bonds is 11. The van der Waals surface area contributed by atoms with E-state index in [0.717, 1.165) is 17.5 Å². The fourth-order valence-corrected chi connectivity index (χ4v) is 3.75. The van der Waals surface area contributed by atoms with E-state index in [9.17, 15) is 19.7 Å². The number of nitro benzene ring substituents is 1. The maximum absolute atomic E-state index is 13.0. The Balaban J connectivity index is 2.02. The Hall–Kier alpha value is -2.87. The number of hydrogen-bond donors (Lipinski definition) is 1. The van der Waals surface area contributed by atoms with Gasteiger partial charge in [0.2, 0.25) is 11.8 Å². The largest absolute Gasteiger partial charge is 0.352 e. The number of thioether (sulfide) groups is 1. The van der Waals surface area contributed by atoms with E-state index in [1.165, 1.54) is 23.9 Å². The molecule has 8 heteroatoms. The number of nitrogens with one attached hydrogen (secondary N) is 1. The second-order valence-electron chi connectivity index (χ2n) is 7.42. The number of benzene rings is 2. The maximum Gasteiger partial charge on any atom is 0.269 e. The van der Waals surface area contributed by atoms with Crippen LogP contribution in [0.15, 0.2) is 54.6 Å². The lowest BCUT2D eigenvalue weighted by Crippen LogP contribution is -2.50. The molecule has 2 amide bonds. The predicted molar refractivity (Wildman–Crippen MR) is 124 cm³/mol. The molecule has 0 aliphatic heterocycles. The Morgan fingerprint density at radius 2 is 1.71 bits per heavy atom. The molecule has 31 heavy (non-hydrogen) atoms. The van der Waals surface area contributed by atoms with Crippen molar-refractivity contribution in [2.75, 3.05) is 5.75 Å². The number of amides is 2. The van der Waals surface area contributed by atoms with Gasteiger partial charge in [0.1, 0.15) is 6.04 Å². The molecule has 1 N–H and O–H groups in total. The van der Waals surface area contributed by atoms with Crippen LogP contribution in [0, 0.1) is 10.1 Å². The third-order valence-corrected chi connectivity index (χ3v) is 5.99. The summed E-state index contributed by atoms with van der Waals surface area (Å²) in [7, 11) is 0. The molecule has 0 fully saturated rings. The van der Waals surface area contributed by atoms with Gasteiger partial charge in [0.05, 0.1) is 10.7 Å². The van der Waals surface area contributed by atoms with E-state index in [4.69, 9.17) is 0 Å². The van der Waals surface area contributed by atoms with E-state index >= 15 is 0 Å². The Morgan fingerprint density at radius 1 is 1.06 bits per heavy atom. The average Bonchev–Trinajstić information content (AvgIpc) is 2.77. The lowest BCUT2D eigenvalue weighted by molar-refractivity contribution is -0.384. The highest BCUT2D eigenvalue weighted by Gasteiger charge is 2.26. The first kappa shape index (κ1) is 24.4. The molecule has 0 heterocycles. The fraction of sp³-hybridized carbons (Fsp3) is 0.391. The van der Waals surface area contributed by atoms with E-state index in [-0.39, 0.29) is 29.3 Å². The van der Waals surface area contributed by atoms with Gasteiger partial charge in [-0.2, -0.15) is 0 Å². The number of non-ortho nitro benzene ring substituents is 1. The van der Waals surface area contributed by atoms with Crippen LogP contribution in [0.3, 0.4) is 0 Å². The van der Waals surface area contributed by atoms with Crippen LogP contribution in [-0.2, 0) is 21.9 Å². The van der Waals surface area contributed by atoms with Crippen molar-refractivity contribution in [3.05, 3.63) is 75.8 Å². The normalized spacial score (nSPS) is 12.6. The van der Waals surface area contributed by atoms with Crippen molar-refractivity contribution in [3.63, 3.8) is 0 Å². The third kappa shape index (κ3) is 7.71. The van der Waals surface area contributed by atoms with Gasteiger partial charge in [-0.1, -0.05) is 49.4 Å². The number of carbonyl (C=O) groups is 2. The van der Waals surface area contributed by atoms with Crippen LogP contribution in [-0.4, -0.2) is 39.5 Å². The second-order valence-corrected chi connectivity index (χ2v) is 8.40. The van der Waals surface area contributed by atoms with Crippen LogP contribution in [0.25, 0.3) is 0 Å². The summed E-state index contributed by atoms with van der Waals surface area (Å²) in [6, 6.07) is 15.3. The summed E-state index contributed by atoms with van der Waals surface area (Å²) in [4.78, 5) is 37.6. The quantitative estimate of drug-likeness (QED) is 0.416. The van der Waals surface area contributed by atoms with Crippen LogP contribution in [0.1, 0.15) is 38.3 Å². The van der Waals surface area contributed by atoms with Crippen LogP contribution in [0.2, 0.25) is 0 Å². The Bertz CT molecular complexity index is 874. The summed E-state index contributed by atoms with van der Waals surface area (Å²) >= 11 is 1.42. The Labute approximate surface area is 187 Å². The number of nitro groups is 1. The molecular weight excluding hydrogens is 414 g/mol. The minimum absolute atomic E-state index is 0.0417. The molecule has 2 aromatic rings. The molecule has 0 saturated heterocycles. The Morgan fingerprint density at radius 3 is 2.29 bits per heavy atom. The number of carbonyl (C=O) groups excluding carboxylic acids is 2. The van der Waals surface area contributed by atoms with Crippen LogP contribution >= 0.6 is 11.8 Å². The molecule has 0 spiro atoms. The van der Waals surface area contributed by atoms with E-state index in [1.54, 1.807) is 24.0 Å². The van der Waals surface area contributed by atoms with Gasteiger partial charge in [0, 0.05) is 30.5 Å². The van der Waals surface area contributed by atoms with Crippen molar-refractivity contribution in [1.29, 1.82) is 0 Å². The van der Waals surface area contributed by atoms with Gasteiger partial charge in [-0.05, 0) is 31.4 Å². The van der Waals surface area contributed by atoms with Crippen LogP contribution < -0.4 is 5.32 Å². The minimum atomic E-state index is -0.596. The van der Waals surface area contributed by atoms with Gasteiger partial charge in [0.25, 0.3) is 5.69 Å². The van der Waals surface area contributed by atoms with Gasteiger partial charge < -0.3 is 10.2 Å². The molecule has 0 aliphatic carbocycles. The van der Waals surface area contributed by atoms with E-state index in [0.29, 0.717) is 12.3 Å². The molecule has 0 aromatic heterocycles. The van der Waals surface area contributed by atoms with Crippen molar-refractivity contribution < 1.29 is 14.5 Å². The third-order valence-electron chi connectivity index (χ3n) is 5.01. The zero-order chi connectivity index (χ0) is 22.8. The zero-order valence-corrected chi connectivity index (χ0v) is 18.9. The summed E-state index contributed by atoms with van der Waals surface area (Å²) in [6.45, 7) is 6.04. The molecule has 0 saturated carbocycles. The standard InChI is InChI=1S/C23H29N3O4S/c1-4-17(2)24-23(28)18(3)25(14-19-8-6-5-7-9-19)22(27)16-31-15-20-10-12-21(13-11-20)26(29)30/h5-13,17-18H,4,14-16H2,1-3H3,(H,24,28). The van der Waals surface area contributed by atoms with Crippen LogP contribution in [0.5, 0.6) is 0 Å². The number of nitrogens with zero attached hydrogens (tertiary/aromatic N) is 2. The minimum Gasteiger partial charge on any atom is -0.352 e. The first-order valence-corrected chi connectivity index (χ1v) is 11.4. The highest BCUT2D eigenvalue weighted by Crippen LogP contribution is 2.18. The molecule has 166 valence electrons. The van der Waals surface area contributed by atoms with Gasteiger partial charge in [-0.15, -0.1) is 11.8 Å². The van der Waals surface area contributed by atoms with Crippen molar-refractivity contribution in [3.8, 4) is 0 Å². The second kappa shape index (κ2) is 12.1. The lowest BCUT2D eigenvalue weighted by Gasteiger charge is -2.29. The molecule has 0 bridgehead atoms. The van der Waals surface area contributed by atoms with Gasteiger partial charge in [-0.3, -0.25) is 19.7 Å². The predicted octanol–water partition coefficient (Wildman–Crippen LogP) is 4.16. The Kier molecular flexibility index (Phi) is 9.52. The SMILES string of the molecule is CCC(C)NC(=O)C(C)N(Cc1ccccc1)C(=O)CSCc1ccc([N+](=O)[O-])cc1. The van der Waals surface area contributed by atoms with E-state index in [1.807, 2.05) is 44.2 Å². The highest BCUT2D eigenvalue weighted by molar-refractivity contribution is 7.99. The molecule has 0 radical (unpaired) electrons. The average molecular weight is 444 g/mol. The molecule has 2 unspecified atom stereocenters. The van der Waals surface area contributed by atoms with Crippen molar-refractivity contribution in [2.45, 2.75) is 51.6 Å². The highest BCUT2D eigenvalue weighted by atomic mass is 32.2. The first-order chi connectivity index (χ1) is 14.8. The molecule has 7 nitrogen and oxygen atoms in total. The number of hydrogen-bond acceptors (Lipinski definition) is 5. The van der Waals surface area contributed by atoms with E-state index in [2.05, 4.69) is 5.32 Å². The molecular formula is C23H29N3O4S. The monoisotopic (exact) mass is 443 g/mol. The topological polar surface area (TPSA) is 92.6 Å². The molecule has 2 atom stereocenters. The van der Waals surface area contributed by atoms with E-state index < -0.39 is 11.0 Å². The van der Waals surface area contributed by atoms with Crippen molar-refractivity contribution in [2.24, 2.45) is 0 Å². The summed E-state index contributed by atoms with van der Waals surface area (Å²) in [6.07, 6.45) is 0.816. The molecule has 0 aliphatic rings. The molecule has 2 rings (SSSR count). The van der Waals surface area contributed by atoms with Crippen molar-refractivity contribution in [1.82, 2.24) is 10.2 Å². The maximum atomic E-state index is 13.0. The summed E-state index contributed by atoms with van der Waals surface area (Å²) in [5, 5.41) is 13.7. The van der Waals surface area contributed by atoms with Gasteiger partial charge in [-0.25, -0.2) is 0 Å². The zero-order valence-electron chi connectivity index (χ0n) is 18.1. The first-order valence-electron chi connectivity index (χ1n) is 10.3. The summed E-state index contributed by atoms with van der Waals surface area (Å²) in [5.41, 5.74) is 1.90. The smallest absolute Gasteiger partial charge is 0.269 e. The fourth-order valence-electron chi connectivity index (χ4n) is 2.88. The summed E-state index contributed by atoms with van der Waals surface area (Å²) < 4.78 is 0. The summed E-state index contributed by atoms with van der Waals surface area (Å²) in [5.74, 6) is 0.475. The lowest BCUT2D eigenvalue weighted by atomic mass is 10.1. The van der Waals surface area contributed by atoms with Gasteiger partial charge in [0.15, 0.2) is 0 Å². The molecule has 2 aromatic carbocycles. The van der Waals surface area contributed by atoms with Crippen LogP contribution in [0.4, 0.5) is 5.69 Å². The van der Waals surface area contributed by atoms with Crippen molar-refractivity contribution >= 4 is 29.3 Å².